The lowest BCUT2D eigenvalue weighted by Crippen LogP contribution is -2.42. The Hall–Kier alpha value is -4.85. The Morgan fingerprint density at radius 2 is 1.90 bits per heavy atom. The number of pyridine rings is 1. The zero-order valence-electron chi connectivity index (χ0n) is 20.9. The van der Waals surface area contributed by atoms with E-state index in [1.54, 1.807) is 0 Å². The van der Waals surface area contributed by atoms with Gasteiger partial charge in [0.15, 0.2) is 0 Å². The van der Waals surface area contributed by atoms with Gasteiger partial charge in [0.2, 0.25) is 17.8 Å². The molecule has 15 heteroatoms. The summed E-state index contributed by atoms with van der Waals surface area (Å²) in [7, 11) is 0. The van der Waals surface area contributed by atoms with Crippen LogP contribution in [-0.2, 0) is 22.3 Å². The highest BCUT2D eigenvalue weighted by Gasteiger charge is 2.66. The Morgan fingerprint density at radius 1 is 1.15 bits per heavy atom. The van der Waals surface area contributed by atoms with Crippen molar-refractivity contribution in [2.45, 2.75) is 25.2 Å². The van der Waals surface area contributed by atoms with Crippen molar-refractivity contribution in [2.24, 2.45) is 11.1 Å². The number of anilines is 3. The van der Waals surface area contributed by atoms with Crippen molar-refractivity contribution in [1.29, 1.82) is 0 Å². The molecule has 4 aromatic rings. The molecule has 1 saturated carbocycles. The van der Waals surface area contributed by atoms with Crippen molar-refractivity contribution in [3.05, 3.63) is 76.6 Å². The number of alkyl halides is 3. The van der Waals surface area contributed by atoms with Gasteiger partial charge in [0.25, 0.3) is 0 Å². The third kappa shape index (κ3) is 5.09. The number of nitrogens with one attached hydrogen (secondary N) is 2. The number of hydrogen-bond donors (Lipinski definition) is 5. The van der Waals surface area contributed by atoms with Crippen LogP contribution in [0.4, 0.5) is 30.5 Å². The number of hydrogen-bond acceptors (Lipinski definition) is 7. The number of nitrogens with two attached hydrogens (primary N) is 2. The number of rotatable bonds is 8. The molecule has 212 valence electrons. The second-order valence-corrected chi connectivity index (χ2v) is 9.87. The van der Waals surface area contributed by atoms with Crippen LogP contribution in [0.3, 0.4) is 0 Å². The summed E-state index contributed by atoms with van der Waals surface area (Å²) in [5, 5.41) is 14.4. The van der Waals surface area contributed by atoms with Crippen LogP contribution in [0.15, 0.2) is 54.7 Å². The maximum Gasteiger partial charge on any atom is 0.418 e. The van der Waals surface area contributed by atoms with E-state index in [1.807, 2.05) is 0 Å². The highest BCUT2D eigenvalue weighted by atomic mass is 35.5. The predicted molar refractivity (Wildman–Crippen MR) is 142 cm³/mol. The standard InChI is InChI=1S/C26H21ClF3N7O4/c27-13-2-5-17(16(8-13)26(28,29)30)35-15-4-3-14(33-11-15)10-34-23(41)25(22(31)40)9-20(25)37-19-6-1-12(21(38)39)7-18(19)36-24(37)32/h1-8,11,20,35H,9-10H2,(H2,31,40)(H2,32,36)(H,34,41)(H,38,39). The van der Waals surface area contributed by atoms with E-state index in [0.29, 0.717) is 11.2 Å². The van der Waals surface area contributed by atoms with Crippen LogP contribution < -0.4 is 22.1 Å². The Labute approximate surface area is 234 Å². The number of benzene rings is 2. The van der Waals surface area contributed by atoms with Gasteiger partial charge in [-0.1, -0.05) is 11.6 Å². The second kappa shape index (κ2) is 9.96. The van der Waals surface area contributed by atoms with Gasteiger partial charge in [-0.2, -0.15) is 13.2 Å². The molecule has 0 aliphatic heterocycles. The number of carboxylic acids is 1. The van der Waals surface area contributed by atoms with Crippen molar-refractivity contribution in [3.63, 3.8) is 0 Å². The van der Waals surface area contributed by atoms with Crippen LogP contribution >= 0.6 is 11.6 Å². The molecular weight excluding hydrogens is 567 g/mol. The number of aromatic nitrogens is 3. The summed E-state index contributed by atoms with van der Waals surface area (Å²) in [4.78, 5) is 45.3. The molecule has 0 saturated heterocycles. The van der Waals surface area contributed by atoms with E-state index in [0.717, 1.165) is 6.07 Å². The fourth-order valence-corrected chi connectivity index (χ4v) is 4.88. The van der Waals surface area contributed by atoms with Crippen molar-refractivity contribution < 1.29 is 32.7 Å². The molecule has 1 fully saturated rings. The molecule has 2 aromatic carbocycles. The molecular formula is C26H21ClF3N7O4. The van der Waals surface area contributed by atoms with E-state index in [-0.39, 0.29) is 46.4 Å². The van der Waals surface area contributed by atoms with Gasteiger partial charge in [0, 0.05) is 5.02 Å². The van der Waals surface area contributed by atoms with E-state index < -0.39 is 41.0 Å². The van der Waals surface area contributed by atoms with Gasteiger partial charge in [-0.3, -0.25) is 14.6 Å². The number of imidazole rings is 1. The van der Waals surface area contributed by atoms with Crippen LogP contribution in [0.25, 0.3) is 11.0 Å². The summed E-state index contributed by atoms with van der Waals surface area (Å²) in [6.07, 6.45) is -3.29. The van der Waals surface area contributed by atoms with Crippen molar-refractivity contribution in [2.75, 3.05) is 11.1 Å². The number of primary amides is 1. The van der Waals surface area contributed by atoms with Gasteiger partial charge < -0.3 is 31.8 Å². The SMILES string of the molecule is NC(=O)C1(C(=O)NCc2ccc(Nc3ccc(Cl)cc3C(F)(F)F)cn2)CC1n1c(N)nc2cc(C(=O)O)ccc21. The van der Waals surface area contributed by atoms with E-state index in [4.69, 9.17) is 23.1 Å². The minimum atomic E-state index is -4.63. The van der Waals surface area contributed by atoms with Crippen LogP contribution in [0, 0.1) is 5.41 Å². The van der Waals surface area contributed by atoms with Crippen LogP contribution in [-0.4, -0.2) is 37.4 Å². The van der Waals surface area contributed by atoms with Gasteiger partial charge in [0.05, 0.1) is 58.0 Å². The molecule has 2 amide bonds. The zero-order valence-corrected chi connectivity index (χ0v) is 21.6. The van der Waals surface area contributed by atoms with Gasteiger partial charge in [0.1, 0.15) is 5.41 Å². The summed E-state index contributed by atoms with van der Waals surface area (Å²) in [6, 6.07) is 9.75. The summed E-state index contributed by atoms with van der Waals surface area (Å²) >= 11 is 5.72. The van der Waals surface area contributed by atoms with Crippen molar-refractivity contribution >= 4 is 57.7 Å². The molecule has 2 heterocycles. The molecule has 0 spiro atoms. The number of nitrogens with zero attached hydrogens (tertiary/aromatic N) is 3. The normalized spacial score (nSPS) is 18.2. The van der Waals surface area contributed by atoms with Crippen molar-refractivity contribution in [1.82, 2.24) is 19.9 Å². The van der Waals surface area contributed by atoms with Gasteiger partial charge >= 0.3 is 12.1 Å². The summed E-state index contributed by atoms with van der Waals surface area (Å²) < 4.78 is 41.6. The van der Waals surface area contributed by atoms with Crippen LogP contribution in [0.1, 0.15) is 34.1 Å². The average molecular weight is 588 g/mol. The molecule has 41 heavy (non-hydrogen) atoms. The smallest absolute Gasteiger partial charge is 0.418 e. The fraction of sp³-hybridized carbons (Fsp3) is 0.192. The Balaban J connectivity index is 1.29. The quantitative estimate of drug-likeness (QED) is 0.193. The molecule has 0 radical (unpaired) electrons. The molecule has 0 bridgehead atoms. The molecule has 2 atom stereocenters. The maximum absolute atomic E-state index is 13.4. The number of amides is 2. The zero-order chi connectivity index (χ0) is 29.7. The summed E-state index contributed by atoms with van der Waals surface area (Å²) in [6.45, 7) is -0.0995. The molecule has 11 nitrogen and oxygen atoms in total. The van der Waals surface area contributed by atoms with Crippen LogP contribution in [0.5, 0.6) is 0 Å². The number of fused-ring (bicyclic) bond motifs is 1. The lowest BCUT2D eigenvalue weighted by Gasteiger charge is -2.16. The minimum absolute atomic E-state index is 0.000434. The first-order valence-electron chi connectivity index (χ1n) is 12.0. The number of carboxylic acid groups (broad SMARTS) is 1. The van der Waals surface area contributed by atoms with E-state index in [2.05, 4.69) is 20.6 Å². The Bertz CT molecular complexity index is 1710. The molecule has 5 rings (SSSR count). The fourth-order valence-electron chi connectivity index (χ4n) is 4.70. The number of halogens is 4. The average Bonchev–Trinajstić information content (AvgIpc) is 3.57. The topological polar surface area (TPSA) is 178 Å². The first kappa shape index (κ1) is 27.7. The van der Waals surface area contributed by atoms with Gasteiger partial charge in [-0.15, -0.1) is 0 Å². The maximum atomic E-state index is 13.4. The first-order chi connectivity index (χ1) is 19.3. The Kier molecular flexibility index (Phi) is 6.73. The summed E-state index contributed by atoms with van der Waals surface area (Å²) in [5.41, 5.74) is 10.3. The number of carbonyl (C=O) groups excluding carboxylic acids is 2. The number of nitrogen functional groups attached to an aromatic ring is 1. The second-order valence-electron chi connectivity index (χ2n) is 9.44. The van der Waals surface area contributed by atoms with E-state index >= 15 is 0 Å². The summed E-state index contributed by atoms with van der Waals surface area (Å²) in [5.74, 6) is -2.70. The highest BCUT2D eigenvalue weighted by Crippen LogP contribution is 2.58. The molecule has 1 aliphatic carbocycles. The number of aromatic carboxylic acids is 1. The Morgan fingerprint density at radius 3 is 2.54 bits per heavy atom. The molecule has 2 unspecified atom stereocenters. The van der Waals surface area contributed by atoms with Gasteiger partial charge in [-0.25, -0.2) is 9.78 Å². The predicted octanol–water partition coefficient (Wildman–Crippen LogP) is 3.86. The van der Waals surface area contributed by atoms with Crippen molar-refractivity contribution in [3.8, 4) is 0 Å². The largest absolute Gasteiger partial charge is 0.478 e. The highest BCUT2D eigenvalue weighted by molar-refractivity contribution is 6.30. The third-order valence-corrected chi connectivity index (χ3v) is 7.10. The molecule has 2 aromatic heterocycles. The lowest BCUT2D eigenvalue weighted by molar-refractivity contribution is -0.137. The minimum Gasteiger partial charge on any atom is -0.478 e. The van der Waals surface area contributed by atoms with E-state index in [1.165, 1.54) is 53.2 Å². The monoisotopic (exact) mass is 587 g/mol. The third-order valence-electron chi connectivity index (χ3n) is 6.87. The van der Waals surface area contributed by atoms with Crippen LogP contribution in [0.2, 0.25) is 5.02 Å². The number of carbonyl (C=O) groups is 3. The van der Waals surface area contributed by atoms with Gasteiger partial charge in [-0.05, 0) is 55.0 Å². The lowest BCUT2D eigenvalue weighted by atomic mass is 10.0. The molecule has 7 N–H and O–H groups in total. The molecule has 1 aliphatic rings. The first-order valence-corrected chi connectivity index (χ1v) is 12.4. The van der Waals surface area contributed by atoms with E-state index in [9.17, 15) is 32.7 Å².